The van der Waals surface area contributed by atoms with Crippen molar-refractivity contribution >= 4 is 28.1 Å². The lowest BCUT2D eigenvalue weighted by atomic mass is 10.2. The van der Waals surface area contributed by atoms with Crippen LogP contribution in [0.15, 0.2) is 17.0 Å². The second-order valence-electron chi connectivity index (χ2n) is 2.80. The zero-order valence-electron chi connectivity index (χ0n) is 8.21. The van der Waals surface area contributed by atoms with Gasteiger partial charge in [0.05, 0.1) is 14.8 Å². The molecule has 12 heteroatoms. The molecule has 96 valence electrons. The van der Waals surface area contributed by atoms with E-state index in [1.54, 1.807) is 0 Å². The Hall–Kier alpha value is -2.47. The van der Waals surface area contributed by atoms with Crippen molar-refractivity contribution in [3.8, 4) is 0 Å². The van der Waals surface area contributed by atoms with Crippen LogP contribution in [-0.2, 0) is 11.1 Å². The first-order valence-corrected chi connectivity index (χ1v) is 5.09. The number of nitrogens with zero attached hydrogens (tertiary/aromatic N) is 3. The van der Waals surface area contributed by atoms with Gasteiger partial charge in [-0.25, -0.2) is 4.21 Å². The van der Waals surface area contributed by atoms with Gasteiger partial charge in [0, 0.05) is 6.07 Å². The molecular formula is C6H3N3O8S. The Morgan fingerprint density at radius 2 is 1.44 bits per heavy atom. The van der Waals surface area contributed by atoms with Crippen LogP contribution in [0.4, 0.5) is 17.1 Å². The highest BCUT2D eigenvalue weighted by Gasteiger charge is 2.40. The van der Waals surface area contributed by atoms with Gasteiger partial charge in [0.25, 0.3) is 0 Å². The molecule has 0 heterocycles. The standard InChI is InChI=1S/C6H3N3O8S/c10-7(11)3-1-2-4(18(16)17)6(9(14)15)5(3)8(12)13/h1-2H,(H,16,17). The largest absolute Gasteiger partial charge is 0.423 e. The van der Waals surface area contributed by atoms with Gasteiger partial charge in [-0.15, -0.1) is 0 Å². The molecule has 0 bridgehead atoms. The lowest BCUT2D eigenvalue weighted by molar-refractivity contribution is -0.442. The van der Waals surface area contributed by atoms with Gasteiger partial charge in [0.1, 0.15) is 0 Å². The summed E-state index contributed by atoms with van der Waals surface area (Å²) in [5, 5.41) is 31.8. The van der Waals surface area contributed by atoms with Crippen molar-refractivity contribution < 1.29 is 23.5 Å². The van der Waals surface area contributed by atoms with Crippen LogP contribution in [0, 0.1) is 30.3 Å². The smallest absolute Gasteiger partial charge is 0.302 e. The fourth-order valence-corrected chi connectivity index (χ4v) is 1.72. The lowest BCUT2D eigenvalue weighted by Gasteiger charge is -2.00. The number of nitro groups is 3. The van der Waals surface area contributed by atoms with Crippen LogP contribution in [0.3, 0.4) is 0 Å². The number of benzene rings is 1. The monoisotopic (exact) mass is 277 g/mol. The summed E-state index contributed by atoms with van der Waals surface area (Å²) >= 11 is -2.88. The lowest BCUT2D eigenvalue weighted by Crippen LogP contribution is -2.05. The van der Waals surface area contributed by atoms with Crippen molar-refractivity contribution in [2.24, 2.45) is 0 Å². The van der Waals surface area contributed by atoms with E-state index in [9.17, 15) is 34.6 Å². The molecule has 1 N–H and O–H groups in total. The van der Waals surface area contributed by atoms with Gasteiger partial charge in [-0.05, 0) is 6.07 Å². The Balaban J connectivity index is 3.82. The Kier molecular flexibility index (Phi) is 3.63. The van der Waals surface area contributed by atoms with E-state index in [-0.39, 0.29) is 0 Å². The first-order chi connectivity index (χ1) is 8.27. The summed E-state index contributed by atoms with van der Waals surface area (Å²) in [4.78, 5) is 27.1. The third kappa shape index (κ3) is 2.28. The maximum absolute atomic E-state index is 10.8. The Morgan fingerprint density at radius 3 is 1.78 bits per heavy atom. The van der Waals surface area contributed by atoms with Crippen LogP contribution in [0.1, 0.15) is 0 Å². The fraction of sp³-hybridized carbons (Fsp3) is 0. The summed E-state index contributed by atoms with van der Waals surface area (Å²) in [5.74, 6) is 0. The molecule has 11 nitrogen and oxygen atoms in total. The van der Waals surface area contributed by atoms with Crippen molar-refractivity contribution in [3.63, 3.8) is 0 Å². The first kappa shape index (κ1) is 13.6. The Labute approximate surface area is 99.8 Å². The molecular weight excluding hydrogens is 274 g/mol. The molecule has 0 aliphatic rings. The molecule has 0 saturated carbocycles. The molecule has 0 aliphatic carbocycles. The van der Waals surface area contributed by atoms with Crippen molar-refractivity contribution in [1.82, 2.24) is 0 Å². The van der Waals surface area contributed by atoms with Crippen molar-refractivity contribution in [1.29, 1.82) is 0 Å². The number of rotatable bonds is 4. The molecule has 1 aromatic rings. The highest BCUT2D eigenvalue weighted by molar-refractivity contribution is 7.79. The minimum absolute atomic E-state index is 0.564. The van der Waals surface area contributed by atoms with E-state index in [0.717, 1.165) is 0 Å². The highest BCUT2D eigenvalue weighted by atomic mass is 32.2. The molecule has 0 spiro atoms. The van der Waals surface area contributed by atoms with Crippen LogP contribution in [0.5, 0.6) is 0 Å². The van der Waals surface area contributed by atoms with Gasteiger partial charge in [-0.1, -0.05) is 0 Å². The summed E-state index contributed by atoms with van der Waals surface area (Å²) in [5.41, 5.74) is -3.92. The van der Waals surface area contributed by atoms with E-state index < -0.39 is 47.8 Å². The average molecular weight is 277 g/mol. The van der Waals surface area contributed by atoms with E-state index in [1.807, 2.05) is 0 Å². The van der Waals surface area contributed by atoms with Gasteiger partial charge < -0.3 is 4.55 Å². The van der Waals surface area contributed by atoms with E-state index in [4.69, 9.17) is 4.55 Å². The molecule has 1 aromatic carbocycles. The Morgan fingerprint density at radius 1 is 0.944 bits per heavy atom. The first-order valence-electron chi connectivity index (χ1n) is 3.98. The van der Waals surface area contributed by atoms with E-state index in [2.05, 4.69) is 0 Å². The maximum Gasteiger partial charge on any atom is 0.423 e. The van der Waals surface area contributed by atoms with Gasteiger partial charge in [-0.2, -0.15) is 0 Å². The predicted molar refractivity (Wildman–Crippen MR) is 55.4 cm³/mol. The van der Waals surface area contributed by atoms with Crippen LogP contribution in [0.25, 0.3) is 0 Å². The third-order valence-corrected chi connectivity index (χ3v) is 2.55. The molecule has 0 aromatic heterocycles. The molecule has 0 radical (unpaired) electrons. The van der Waals surface area contributed by atoms with Gasteiger partial charge in [-0.3, -0.25) is 30.3 Å². The number of nitro benzene ring substituents is 3. The molecule has 1 unspecified atom stereocenters. The molecule has 18 heavy (non-hydrogen) atoms. The topological polar surface area (TPSA) is 167 Å². The second-order valence-corrected chi connectivity index (χ2v) is 3.74. The zero-order valence-corrected chi connectivity index (χ0v) is 9.03. The molecule has 0 fully saturated rings. The Bertz CT molecular complexity index is 533. The third-order valence-electron chi connectivity index (χ3n) is 1.84. The maximum atomic E-state index is 10.8. The van der Waals surface area contributed by atoms with Crippen LogP contribution in [0.2, 0.25) is 0 Å². The fourth-order valence-electron chi connectivity index (χ4n) is 1.20. The normalized spacial score (nSPS) is 11.8. The number of hydrogen-bond donors (Lipinski definition) is 1. The van der Waals surface area contributed by atoms with Gasteiger partial charge in [0.2, 0.25) is 0 Å². The molecule has 0 saturated heterocycles. The minimum Gasteiger partial charge on any atom is -0.302 e. The zero-order chi connectivity index (χ0) is 14.0. The summed E-state index contributed by atoms with van der Waals surface area (Å²) < 4.78 is 19.6. The quantitative estimate of drug-likeness (QED) is 0.482. The van der Waals surface area contributed by atoms with Gasteiger partial charge in [0.15, 0.2) is 16.0 Å². The van der Waals surface area contributed by atoms with Crippen LogP contribution < -0.4 is 0 Å². The minimum atomic E-state index is -2.88. The van der Waals surface area contributed by atoms with E-state index in [1.165, 1.54) is 0 Å². The van der Waals surface area contributed by atoms with Crippen LogP contribution in [-0.4, -0.2) is 23.5 Å². The van der Waals surface area contributed by atoms with Crippen molar-refractivity contribution in [2.75, 3.05) is 0 Å². The summed E-state index contributed by atoms with van der Waals surface area (Å²) in [6.45, 7) is 0. The highest BCUT2D eigenvalue weighted by Crippen LogP contribution is 2.39. The number of hydrogen-bond acceptors (Lipinski definition) is 7. The van der Waals surface area contributed by atoms with Gasteiger partial charge >= 0.3 is 17.1 Å². The second kappa shape index (κ2) is 4.80. The average Bonchev–Trinajstić information content (AvgIpc) is 2.26. The van der Waals surface area contributed by atoms with E-state index >= 15 is 0 Å². The molecule has 1 atom stereocenters. The molecule has 1 rings (SSSR count). The van der Waals surface area contributed by atoms with Crippen molar-refractivity contribution in [2.45, 2.75) is 4.90 Å². The summed E-state index contributed by atoms with van der Waals surface area (Å²) in [7, 11) is 0. The summed E-state index contributed by atoms with van der Waals surface area (Å²) in [6, 6.07) is 1.19. The SMILES string of the molecule is O=[N+]([O-])c1ccc(S(=O)O)c([N+](=O)[O-])c1[N+](=O)[O-]. The van der Waals surface area contributed by atoms with E-state index in [0.29, 0.717) is 12.1 Å². The predicted octanol–water partition coefficient (Wildman–Crippen LogP) is 0.992. The summed E-state index contributed by atoms with van der Waals surface area (Å²) in [6.07, 6.45) is 0. The van der Waals surface area contributed by atoms with Crippen molar-refractivity contribution in [3.05, 3.63) is 42.5 Å². The molecule has 0 aliphatic heterocycles. The molecule has 0 amide bonds. The van der Waals surface area contributed by atoms with Crippen LogP contribution >= 0.6 is 0 Å².